The first-order chi connectivity index (χ1) is 13.0. The van der Waals surface area contributed by atoms with Crippen LogP contribution in [0.4, 0.5) is 14.9 Å². The predicted molar refractivity (Wildman–Crippen MR) is 96.6 cm³/mol. The fourth-order valence-electron chi connectivity index (χ4n) is 4.08. The average molecular weight is 374 g/mol. The molecule has 0 aromatic heterocycles. The molecule has 27 heavy (non-hydrogen) atoms. The molecule has 1 aromatic carbocycles. The molecule has 2 aliphatic heterocycles. The van der Waals surface area contributed by atoms with E-state index in [2.05, 4.69) is 15.5 Å². The number of halogens is 1. The third-order valence-electron chi connectivity index (χ3n) is 5.80. The summed E-state index contributed by atoms with van der Waals surface area (Å²) in [4.78, 5) is 40.4. The first-order valence-corrected chi connectivity index (χ1v) is 9.40. The van der Waals surface area contributed by atoms with Crippen molar-refractivity contribution in [2.75, 3.05) is 31.1 Å². The molecular weight excluding hydrogens is 351 g/mol. The van der Waals surface area contributed by atoms with Gasteiger partial charge in [-0.1, -0.05) is 0 Å². The summed E-state index contributed by atoms with van der Waals surface area (Å²) in [5.74, 6) is -0.432. The smallest absolute Gasteiger partial charge is 0.322 e. The number of piperazine rings is 1. The van der Waals surface area contributed by atoms with E-state index in [0.717, 1.165) is 18.5 Å². The van der Waals surface area contributed by atoms with Crippen molar-refractivity contribution in [2.45, 2.75) is 31.2 Å². The van der Waals surface area contributed by atoms with Crippen LogP contribution in [0.3, 0.4) is 0 Å². The molecule has 1 unspecified atom stereocenters. The molecule has 4 rings (SSSR count). The molecule has 1 atom stereocenters. The first kappa shape index (κ1) is 17.8. The summed E-state index contributed by atoms with van der Waals surface area (Å²) in [6.07, 6.45) is 2.38. The third kappa shape index (κ3) is 3.48. The molecule has 2 N–H and O–H groups in total. The molecule has 7 nitrogen and oxygen atoms in total. The molecule has 0 spiro atoms. The number of carbonyl (C=O) groups excluding carboxylic acids is 3. The SMILES string of the molecule is O=C1NC(=O)C(CCC(=O)N2CCN(c3ccc(F)cc3)CC2)(C2CC2)N1. The number of nitrogens with zero attached hydrogens (tertiary/aromatic N) is 2. The molecule has 2 saturated heterocycles. The highest BCUT2D eigenvalue weighted by atomic mass is 19.1. The van der Waals surface area contributed by atoms with Crippen molar-refractivity contribution >= 4 is 23.5 Å². The minimum Gasteiger partial charge on any atom is -0.368 e. The largest absolute Gasteiger partial charge is 0.368 e. The van der Waals surface area contributed by atoms with Gasteiger partial charge in [0.2, 0.25) is 5.91 Å². The number of nitrogens with one attached hydrogen (secondary N) is 2. The minimum atomic E-state index is -0.914. The molecule has 8 heteroatoms. The van der Waals surface area contributed by atoms with Gasteiger partial charge in [-0.2, -0.15) is 0 Å². The molecule has 0 bridgehead atoms. The standard InChI is InChI=1S/C19H23FN4O3/c20-14-3-5-15(6-4-14)23-9-11-24(12-10-23)16(25)7-8-19(13-1-2-13)17(26)21-18(27)22-19/h3-6,13H,1-2,7-12H2,(H2,21,22,26,27). The lowest BCUT2D eigenvalue weighted by atomic mass is 9.87. The molecule has 1 saturated carbocycles. The maximum Gasteiger partial charge on any atom is 0.322 e. The van der Waals surface area contributed by atoms with Crippen LogP contribution < -0.4 is 15.5 Å². The normalized spacial score (nSPS) is 25.4. The van der Waals surface area contributed by atoms with Crippen LogP contribution in [0.25, 0.3) is 0 Å². The van der Waals surface area contributed by atoms with Crippen molar-refractivity contribution in [2.24, 2.45) is 5.92 Å². The summed E-state index contributed by atoms with van der Waals surface area (Å²) in [5.41, 5.74) is 0.0318. The zero-order chi connectivity index (χ0) is 19.0. The molecule has 0 radical (unpaired) electrons. The van der Waals surface area contributed by atoms with Gasteiger partial charge in [0.25, 0.3) is 5.91 Å². The van der Waals surface area contributed by atoms with Crippen molar-refractivity contribution in [3.63, 3.8) is 0 Å². The van der Waals surface area contributed by atoms with Crippen LogP contribution in [0, 0.1) is 11.7 Å². The second kappa shape index (κ2) is 6.83. The van der Waals surface area contributed by atoms with Crippen LogP contribution in [-0.2, 0) is 9.59 Å². The van der Waals surface area contributed by atoms with Gasteiger partial charge >= 0.3 is 6.03 Å². The molecule has 3 fully saturated rings. The van der Waals surface area contributed by atoms with Gasteiger partial charge in [0.15, 0.2) is 0 Å². The number of carbonyl (C=O) groups is 3. The average Bonchev–Trinajstić information content (AvgIpc) is 3.47. The Bertz CT molecular complexity index is 757. The Morgan fingerprint density at radius 1 is 1.11 bits per heavy atom. The van der Waals surface area contributed by atoms with Gasteiger partial charge in [-0.25, -0.2) is 9.18 Å². The lowest BCUT2D eigenvalue weighted by Gasteiger charge is -2.36. The van der Waals surface area contributed by atoms with Gasteiger partial charge in [-0.05, 0) is 49.4 Å². The van der Waals surface area contributed by atoms with Crippen LogP contribution in [0.2, 0.25) is 0 Å². The van der Waals surface area contributed by atoms with E-state index in [1.54, 1.807) is 17.0 Å². The van der Waals surface area contributed by atoms with Crippen molar-refractivity contribution in [3.8, 4) is 0 Å². The Morgan fingerprint density at radius 2 is 1.78 bits per heavy atom. The van der Waals surface area contributed by atoms with E-state index in [1.165, 1.54) is 12.1 Å². The van der Waals surface area contributed by atoms with E-state index in [0.29, 0.717) is 32.6 Å². The van der Waals surface area contributed by atoms with Gasteiger partial charge in [-0.15, -0.1) is 0 Å². The van der Waals surface area contributed by atoms with E-state index in [-0.39, 0.29) is 30.0 Å². The van der Waals surface area contributed by atoms with Crippen molar-refractivity contribution in [3.05, 3.63) is 30.1 Å². The summed E-state index contributed by atoms with van der Waals surface area (Å²) in [6, 6.07) is 5.89. The number of anilines is 1. The Labute approximate surface area is 156 Å². The number of hydrogen-bond acceptors (Lipinski definition) is 4. The molecular formula is C19H23FN4O3. The van der Waals surface area contributed by atoms with E-state index in [9.17, 15) is 18.8 Å². The lowest BCUT2D eigenvalue weighted by Crippen LogP contribution is -2.51. The second-order valence-corrected chi connectivity index (χ2v) is 7.50. The topological polar surface area (TPSA) is 81.8 Å². The number of rotatable bonds is 5. The quantitative estimate of drug-likeness (QED) is 0.760. The van der Waals surface area contributed by atoms with Gasteiger partial charge in [0, 0.05) is 38.3 Å². The van der Waals surface area contributed by atoms with Crippen LogP contribution >= 0.6 is 0 Å². The van der Waals surface area contributed by atoms with E-state index >= 15 is 0 Å². The summed E-state index contributed by atoms with van der Waals surface area (Å²) < 4.78 is 13.1. The van der Waals surface area contributed by atoms with Crippen LogP contribution in [-0.4, -0.2) is 54.5 Å². The van der Waals surface area contributed by atoms with Crippen LogP contribution in [0.5, 0.6) is 0 Å². The molecule has 1 aromatic rings. The number of imide groups is 1. The molecule has 1 aliphatic carbocycles. The molecule has 2 heterocycles. The van der Waals surface area contributed by atoms with E-state index in [4.69, 9.17) is 0 Å². The van der Waals surface area contributed by atoms with Crippen LogP contribution in [0.1, 0.15) is 25.7 Å². The highest BCUT2D eigenvalue weighted by Crippen LogP contribution is 2.43. The zero-order valence-electron chi connectivity index (χ0n) is 15.0. The van der Waals surface area contributed by atoms with Gasteiger partial charge in [0.05, 0.1) is 0 Å². The molecule has 144 valence electrons. The summed E-state index contributed by atoms with van der Waals surface area (Å²) in [5, 5.41) is 5.07. The van der Waals surface area contributed by atoms with Crippen molar-refractivity contribution in [1.82, 2.24) is 15.5 Å². The Morgan fingerprint density at radius 3 is 2.33 bits per heavy atom. The number of hydrogen-bond donors (Lipinski definition) is 2. The Hall–Kier alpha value is -2.64. The summed E-state index contributed by atoms with van der Waals surface area (Å²) >= 11 is 0. The lowest BCUT2D eigenvalue weighted by molar-refractivity contribution is -0.132. The molecule has 4 amide bonds. The highest BCUT2D eigenvalue weighted by Gasteiger charge is 2.55. The van der Waals surface area contributed by atoms with E-state index in [1.807, 2.05) is 0 Å². The third-order valence-corrected chi connectivity index (χ3v) is 5.80. The fourth-order valence-corrected chi connectivity index (χ4v) is 4.08. The minimum absolute atomic E-state index is 0.00253. The van der Waals surface area contributed by atoms with Crippen molar-refractivity contribution in [1.29, 1.82) is 0 Å². The zero-order valence-corrected chi connectivity index (χ0v) is 15.0. The van der Waals surface area contributed by atoms with E-state index < -0.39 is 11.6 Å². The Balaban J connectivity index is 1.31. The predicted octanol–water partition coefficient (Wildman–Crippen LogP) is 1.24. The number of urea groups is 1. The summed E-state index contributed by atoms with van der Waals surface area (Å²) in [6.45, 7) is 2.54. The molecule has 3 aliphatic rings. The maximum atomic E-state index is 13.1. The second-order valence-electron chi connectivity index (χ2n) is 7.50. The fraction of sp³-hybridized carbons (Fsp3) is 0.526. The Kier molecular flexibility index (Phi) is 4.49. The highest BCUT2D eigenvalue weighted by molar-refractivity contribution is 6.07. The van der Waals surface area contributed by atoms with Gasteiger partial charge in [0.1, 0.15) is 11.4 Å². The van der Waals surface area contributed by atoms with Crippen molar-refractivity contribution < 1.29 is 18.8 Å². The number of benzene rings is 1. The number of amides is 4. The maximum absolute atomic E-state index is 13.1. The first-order valence-electron chi connectivity index (χ1n) is 9.40. The van der Waals surface area contributed by atoms with Gasteiger partial charge in [-0.3, -0.25) is 14.9 Å². The summed E-state index contributed by atoms with van der Waals surface area (Å²) in [7, 11) is 0. The van der Waals surface area contributed by atoms with Gasteiger partial charge < -0.3 is 15.1 Å². The monoisotopic (exact) mass is 374 g/mol. The van der Waals surface area contributed by atoms with Crippen LogP contribution in [0.15, 0.2) is 24.3 Å².